The zero-order valence-electron chi connectivity index (χ0n) is 16.9. The van der Waals surface area contributed by atoms with E-state index in [1.807, 2.05) is 18.2 Å². The first-order valence-electron chi connectivity index (χ1n) is 9.97. The third-order valence-electron chi connectivity index (χ3n) is 5.12. The SMILES string of the molecule is CC#CCn1c(C(=O)NCc2nccc3ncccc23)nnc1N1CCCC(N)C1. The number of pyridine rings is 2. The lowest BCUT2D eigenvalue weighted by Gasteiger charge is -2.31. The van der Waals surface area contributed by atoms with E-state index in [0.29, 0.717) is 19.0 Å². The Hall–Kier alpha value is -3.51. The Bertz CT molecular complexity index is 1110. The van der Waals surface area contributed by atoms with Gasteiger partial charge in [0, 0.05) is 36.9 Å². The third-order valence-corrected chi connectivity index (χ3v) is 5.12. The molecule has 4 rings (SSSR count). The van der Waals surface area contributed by atoms with Crippen molar-refractivity contribution in [2.45, 2.75) is 38.9 Å². The predicted molar refractivity (Wildman–Crippen MR) is 114 cm³/mol. The van der Waals surface area contributed by atoms with Gasteiger partial charge < -0.3 is 16.0 Å². The van der Waals surface area contributed by atoms with Gasteiger partial charge in [-0.15, -0.1) is 16.1 Å². The quantitative estimate of drug-likeness (QED) is 0.612. The topological polar surface area (TPSA) is 115 Å². The molecular formula is C21H24N8O. The number of amides is 1. The molecule has 0 radical (unpaired) electrons. The van der Waals surface area contributed by atoms with Gasteiger partial charge in [-0.3, -0.25) is 19.3 Å². The average molecular weight is 404 g/mol. The maximum atomic E-state index is 12.9. The molecule has 1 atom stereocenters. The lowest BCUT2D eigenvalue weighted by Crippen LogP contribution is -2.44. The molecule has 1 fully saturated rings. The fourth-order valence-electron chi connectivity index (χ4n) is 3.64. The number of nitrogens with two attached hydrogens (primary N) is 1. The van der Waals surface area contributed by atoms with Gasteiger partial charge in [0.15, 0.2) is 0 Å². The molecule has 1 saturated heterocycles. The fourth-order valence-corrected chi connectivity index (χ4v) is 3.64. The van der Waals surface area contributed by atoms with Gasteiger partial charge in [-0.1, -0.05) is 5.92 Å². The van der Waals surface area contributed by atoms with Gasteiger partial charge in [-0.2, -0.15) is 0 Å². The van der Waals surface area contributed by atoms with Crippen molar-refractivity contribution >= 4 is 22.8 Å². The number of piperidine rings is 1. The number of aromatic nitrogens is 5. The lowest BCUT2D eigenvalue weighted by molar-refractivity contribution is 0.0936. The number of rotatable bonds is 5. The lowest BCUT2D eigenvalue weighted by atomic mass is 10.1. The molecule has 0 aromatic carbocycles. The molecular weight excluding hydrogens is 380 g/mol. The molecule has 1 aliphatic rings. The number of hydrogen-bond donors (Lipinski definition) is 2. The Morgan fingerprint density at radius 3 is 3.03 bits per heavy atom. The van der Waals surface area contributed by atoms with Gasteiger partial charge in [0.25, 0.3) is 5.91 Å². The second-order valence-corrected chi connectivity index (χ2v) is 7.20. The number of anilines is 1. The largest absolute Gasteiger partial charge is 0.344 e. The molecule has 9 nitrogen and oxygen atoms in total. The van der Waals surface area contributed by atoms with E-state index in [9.17, 15) is 4.79 Å². The average Bonchev–Trinajstić information content (AvgIpc) is 3.20. The van der Waals surface area contributed by atoms with E-state index in [2.05, 4.69) is 42.2 Å². The maximum Gasteiger partial charge on any atom is 0.289 e. The monoisotopic (exact) mass is 404 g/mol. The van der Waals surface area contributed by atoms with Crippen LogP contribution in [0.5, 0.6) is 0 Å². The van der Waals surface area contributed by atoms with E-state index in [1.54, 1.807) is 23.9 Å². The summed E-state index contributed by atoms with van der Waals surface area (Å²) >= 11 is 0. The van der Waals surface area contributed by atoms with Gasteiger partial charge in [0.2, 0.25) is 11.8 Å². The maximum absolute atomic E-state index is 12.9. The first kappa shape index (κ1) is 19.8. The first-order valence-corrected chi connectivity index (χ1v) is 9.97. The van der Waals surface area contributed by atoms with Crippen LogP contribution in [0.4, 0.5) is 5.95 Å². The Morgan fingerprint density at radius 2 is 2.20 bits per heavy atom. The highest BCUT2D eigenvalue weighted by Gasteiger charge is 2.25. The number of nitrogens with zero attached hydrogens (tertiary/aromatic N) is 6. The van der Waals surface area contributed by atoms with Crippen LogP contribution in [-0.2, 0) is 13.1 Å². The van der Waals surface area contributed by atoms with Crippen LogP contribution in [0, 0.1) is 11.8 Å². The standard InChI is InChI=1S/C21H24N8O/c1-2-3-12-29-19(26-27-21(29)28-11-5-6-15(22)14-28)20(30)25-13-18-16-7-4-9-23-17(16)8-10-24-18/h4,7-10,15H,5-6,11-14,22H2,1H3,(H,25,30). The van der Waals surface area contributed by atoms with E-state index in [0.717, 1.165) is 36.0 Å². The van der Waals surface area contributed by atoms with E-state index >= 15 is 0 Å². The van der Waals surface area contributed by atoms with E-state index < -0.39 is 0 Å². The Morgan fingerprint density at radius 1 is 1.30 bits per heavy atom. The van der Waals surface area contributed by atoms with Gasteiger partial charge in [0.1, 0.15) is 0 Å². The summed E-state index contributed by atoms with van der Waals surface area (Å²) in [5, 5.41) is 12.3. The minimum atomic E-state index is -0.323. The van der Waals surface area contributed by atoms with Crippen LogP contribution in [0.15, 0.2) is 30.6 Å². The summed E-state index contributed by atoms with van der Waals surface area (Å²) in [6.45, 7) is 3.88. The van der Waals surface area contributed by atoms with Crippen molar-refractivity contribution < 1.29 is 4.79 Å². The second kappa shape index (κ2) is 8.88. The summed E-state index contributed by atoms with van der Waals surface area (Å²) in [7, 11) is 0. The number of carbonyl (C=O) groups is 1. The molecule has 30 heavy (non-hydrogen) atoms. The molecule has 3 N–H and O–H groups in total. The highest BCUT2D eigenvalue weighted by atomic mass is 16.2. The molecule has 0 bridgehead atoms. The number of hydrogen-bond acceptors (Lipinski definition) is 7. The van der Waals surface area contributed by atoms with E-state index in [-0.39, 0.29) is 24.3 Å². The van der Waals surface area contributed by atoms with Crippen molar-refractivity contribution in [1.29, 1.82) is 0 Å². The van der Waals surface area contributed by atoms with Crippen LogP contribution in [-0.4, -0.2) is 49.8 Å². The Labute approximate surface area is 174 Å². The summed E-state index contributed by atoms with van der Waals surface area (Å²) in [4.78, 5) is 23.7. The Kier molecular flexibility index (Phi) is 5.86. The summed E-state index contributed by atoms with van der Waals surface area (Å²) in [6, 6.07) is 5.72. The van der Waals surface area contributed by atoms with Gasteiger partial charge >= 0.3 is 0 Å². The molecule has 0 spiro atoms. The molecule has 1 unspecified atom stereocenters. The van der Waals surface area contributed by atoms with Crippen molar-refractivity contribution in [3.05, 3.63) is 42.1 Å². The fraction of sp³-hybridized carbons (Fsp3) is 0.381. The van der Waals surface area contributed by atoms with Crippen LogP contribution in [0.25, 0.3) is 10.9 Å². The van der Waals surface area contributed by atoms with E-state index in [1.165, 1.54) is 0 Å². The predicted octanol–water partition coefficient (Wildman–Crippen LogP) is 1.10. The normalized spacial score (nSPS) is 16.2. The highest BCUT2D eigenvalue weighted by Crippen LogP contribution is 2.19. The van der Waals surface area contributed by atoms with Crippen molar-refractivity contribution in [1.82, 2.24) is 30.0 Å². The minimum Gasteiger partial charge on any atom is -0.344 e. The molecule has 154 valence electrons. The van der Waals surface area contributed by atoms with Crippen molar-refractivity contribution in [2.75, 3.05) is 18.0 Å². The summed E-state index contributed by atoms with van der Waals surface area (Å²) in [5.41, 5.74) is 7.70. The first-order chi connectivity index (χ1) is 14.7. The highest BCUT2D eigenvalue weighted by molar-refractivity contribution is 5.91. The second-order valence-electron chi connectivity index (χ2n) is 7.20. The molecule has 1 amide bonds. The van der Waals surface area contributed by atoms with Crippen LogP contribution in [0.2, 0.25) is 0 Å². The number of fused-ring (bicyclic) bond motifs is 1. The van der Waals surface area contributed by atoms with Crippen molar-refractivity contribution in [2.24, 2.45) is 5.73 Å². The summed E-state index contributed by atoms with van der Waals surface area (Å²) in [5.74, 6) is 6.41. The van der Waals surface area contributed by atoms with Crippen molar-refractivity contribution in [3.8, 4) is 11.8 Å². The van der Waals surface area contributed by atoms with Crippen LogP contribution < -0.4 is 16.0 Å². The number of carbonyl (C=O) groups excluding carboxylic acids is 1. The minimum absolute atomic E-state index is 0.0875. The summed E-state index contributed by atoms with van der Waals surface area (Å²) in [6.07, 6.45) is 5.39. The van der Waals surface area contributed by atoms with Crippen LogP contribution in [0.3, 0.4) is 0 Å². The van der Waals surface area contributed by atoms with Gasteiger partial charge in [-0.05, 0) is 38.0 Å². The van der Waals surface area contributed by atoms with Crippen molar-refractivity contribution in [3.63, 3.8) is 0 Å². The summed E-state index contributed by atoms with van der Waals surface area (Å²) < 4.78 is 1.75. The molecule has 1 aliphatic heterocycles. The zero-order chi connectivity index (χ0) is 20.9. The van der Waals surface area contributed by atoms with E-state index in [4.69, 9.17) is 5.73 Å². The number of nitrogens with one attached hydrogen (secondary N) is 1. The molecule has 0 aliphatic carbocycles. The molecule has 0 saturated carbocycles. The third kappa shape index (κ3) is 4.09. The van der Waals surface area contributed by atoms with Gasteiger partial charge in [0.05, 0.1) is 24.3 Å². The Balaban J connectivity index is 1.56. The molecule has 3 aromatic heterocycles. The molecule has 9 heteroatoms. The molecule has 4 heterocycles. The van der Waals surface area contributed by atoms with Crippen LogP contribution in [0.1, 0.15) is 36.1 Å². The van der Waals surface area contributed by atoms with Gasteiger partial charge in [-0.25, -0.2) is 0 Å². The molecule has 3 aromatic rings. The smallest absolute Gasteiger partial charge is 0.289 e. The van der Waals surface area contributed by atoms with Crippen LogP contribution >= 0.6 is 0 Å². The zero-order valence-corrected chi connectivity index (χ0v) is 16.9.